The third kappa shape index (κ3) is 4.40. The number of amides is 1. The zero-order chi connectivity index (χ0) is 22.8. The fourth-order valence-corrected chi connectivity index (χ4v) is 4.08. The SMILES string of the molecule is O=C(Cc1c[nH]c2ccccc12)OCC(=O)N1N=C(c2ccc(Cl)cc2)CC1c1ccco1. The maximum Gasteiger partial charge on any atom is 0.310 e. The van der Waals surface area contributed by atoms with E-state index in [4.69, 9.17) is 20.8 Å². The van der Waals surface area contributed by atoms with Gasteiger partial charge in [0.1, 0.15) is 11.8 Å². The van der Waals surface area contributed by atoms with Gasteiger partial charge in [-0.1, -0.05) is 41.9 Å². The Morgan fingerprint density at radius 3 is 2.73 bits per heavy atom. The number of nitrogens with zero attached hydrogens (tertiary/aromatic N) is 2. The summed E-state index contributed by atoms with van der Waals surface area (Å²) < 4.78 is 10.8. The molecule has 2 aromatic heterocycles. The number of hydrazone groups is 1. The van der Waals surface area contributed by atoms with Crippen LogP contribution in [0.5, 0.6) is 0 Å². The van der Waals surface area contributed by atoms with Crippen molar-refractivity contribution in [3.8, 4) is 0 Å². The number of hydrogen-bond acceptors (Lipinski definition) is 5. The van der Waals surface area contributed by atoms with Gasteiger partial charge in [-0.2, -0.15) is 5.10 Å². The molecule has 33 heavy (non-hydrogen) atoms. The van der Waals surface area contributed by atoms with E-state index >= 15 is 0 Å². The predicted octanol–water partition coefficient (Wildman–Crippen LogP) is 4.88. The molecular formula is C25H20ClN3O4. The molecule has 2 aromatic carbocycles. The van der Waals surface area contributed by atoms with Crippen LogP contribution in [-0.4, -0.2) is 34.2 Å². The summed E-state index contributed by atoms with van der Waals surface area (Å²) in [7, 11) is 0. The van der Waals surface area contributed by atoms with Crippen molar-refractivity contribution >= 4 is 40.1 Å². The Bertz CT molecular complexity index is 1330. The predicted molar refractivity (Wildman–Crippen MR) is 124 cm³/mol. The van der Waals surface area contributed by atoms with Crippen LogP contribution in [0.25, 0.3) is 10.9 Å². The van der Waals surface area contributed by atoms with Crippen LogP contribution in [0.1, 0.15) is 29.3 Å². The number of carbonyl (C=O) groups excluding carboxylic acids is 2. The standard InChI is InChI=1S/C25H20ClN3O4/c26-18-9-7-16(8-10-18)21-13-22(23-6-3-11-32-23)29(28-21)24(30)15-33-25(31)12-17-14-27-20-5-2-1-4-19(17)20/h1-11,14,22,27H,12-13,15H2. The lowest BCUT2D eigenvalue weighted by molar-refractivity contribution is -0.152. The lowest BCUT2D eigenvalue weighted by Crippen LogP contribution is -2.31. The van der Waals surface area contributed by atoms with E-state index in [0.717, 1.165) is 27.7 Å². The summed E-state index contributed by atoms with van der Waals surface area (Å²) in [6.07, 6.45) is 3.88. The fraction of sp³-hybridized carbons (Fsp3) is 0.160. The van der Waals surface area contributed by atoms with Crippen LogP contribution in [0.4, 0.5) is 0 Å². The number of esters is 1. The summed E-state index contributed by atoms with van der Waals surface area (Å²) in [5.41, 5.74) is 3.36. The van der Waals surface area contributed by atoms with Crippen LogP contribution in [0, 0.1) is 0 Å². The molecule has 7 nitrogen and oxygen atoms in total. The van der Waals surface area contributed by atoms with Gasteiger partial charge in [0, 0.05) is 28.5 Å². The second-order valence-corrected chi connectivity index (χ2v) is 8.16. The van der Waals surface area contributed by atoms with Crippen molar-refractivity contribution in [1.29, 1.82) is 0 Å². The first-order valence-corrected chi connectivity index (χ1v) is 10.9. The van der Waals surface area contributed by atoms with Gasteiger partial charge in [-0.3, -0.25) is 9.59 Å². The zero-order valence-corrected chi connectivity index (χ0v) is 18.3. The third-order valence-corrected chi connectivity index (χ3v) is 5.83. The first-order valence-electron chi connectivity index (χ1n) is 10.5. The number of H-pyrrole nitrogens is 1. The minimum atomic E-state index is -0.483. The van der Waals surface area contributed by atoms with Crippen molar-refractivity contribution in [2.24, 2.45) is 5.10 Å². The van der Waals surface area contributed by atoms with Crippen LogP contribution in [0.3, 0.4) is 0 Å². The Balaban J connectivity index is 1.28. The molecule has 8 heteroatoms. The number of nitrogens with one attached hydrogen (secondary N) is 1. The number of rotatable bonds is 6. The summed E-state index contributed by atoms with van der Waals surface area (Å²) in [5.74, 6) is -0.294. The molecule has 0 saturated heterocycles. The molecule has 0 aliphatic carbocycles. The second kappa shape index (κ2) is 8.96. The summed E-state index contributed by atoms with van der Waals surface area (Å²) in [6.45, 7) is -0.407. The quantitative estimate of drug-likeness (QED) is 0.414. The molecule has 0 radical (unpaired) electrons. The Labute approximate surface area is 194 Å². The van der Waals surface area contributed by atoms with Crippen LogP contribution in [-0.2, 0) is 20.7 Å². The van der Waals surface area contributed by atoms with Gasteiger partial charge in [0.25, 0.3) is 5.91 Å². The van der Waals surface area contributed by atoms with Crippen molar-refractivity contribution < 1.29 is 18.7 Å². The van der Waals surface area contributed by atoms with E-state index in [1.807, 2.05) is 36.4 Å². The van der Waals surface area contributed by atoms with Crippen LogP contribution >= 0.6 is 11.6 Å². The molecule has 0 fully saturated rings. The van der Waals surface area contributed by atoms with E-state index in [-0.39, 0.29) is 6.42 Å². The highest BCUT2D eigenvalue weighted by Gasteiger charge is 2.35. The molecular weight excluding hydrogens is 442 g/mol. The molecule has 5 rings (SSSR count). The number of aromatic nitrogens is 1. The van der Waals surface area contributed by atoms with E-state index in [1.54, 1.807) is 36.7 Å². The summed E-state index contributed by atoms with van der Waals surface area (Å²) >= 11 is 5.99. The van der Waals surface area contributed by atoms with Gasteiger partial charge in [0.05, 0.1) is 18.4 Å². The van der Waals surface area contributed by atoms with Crippen molar-refractivity contribution in [3.05, 3.63) is 95.0 Å². The minimum absolute atomic E-state index is 0.0677. The molecule has 3 heterocycles. The van der Waals surface area contributed by atoms with E-state index < -0.39 is 24.5 Å². The highest BCUT2D eigenvalue weighted by Crippen LogP contribution is 2.33. The number of fused-ring (bicyclic) bond motifs is 1. The van der Waals surface area contributed by atoms with E-state index in [2.05, 4.69) is 10.1 Å². The zero-order valence-electron chi connectivity index (χ0n) is 17.5. The lowest BCUT2D eigenvalue weighted by Gasteiger charge is -2.19. The van der Waals surface area contributed by atoms with Gasteiger partial charge < -0.3 is 14.1 Å². The number of ether oxygens (including phenoxy) is 1. The molecule has 1 aliphatic rings. The third-order valence-electron chi connectivity index (χ3n) is 5.58. The normalized spacial score (nSPS) is 15.6. The summed E-state index contributed by atoms with van der Waals surface area (Å²) in [5, 5.41) is 7.43. The molecule has 1 atom stereocenters. The van der Waals surface area contributed by atoms with Crippen molar-refractivity contribution in [2.75, 3.05) is 6.61 Å². The number of para-hydroxylation sites is 1. The highest BCUT2D eigenvalue weighted by atomic mass is 35.5. The highest BCUT2D eigenvalue weighted by molar-refractivity contribution is 6.30. The van der Waals surface area contributed by atoms with Crippen LogP contribution in [0.15, 0.2) is 82.6 Å². The molecule has 0 saturated carbocycles. The van der Waals surface area contributed by atoms with Gasteiger partial charge >= 0.3 is 5.97 Å². The molecule has 0 spiro atoms. The largest absolute Gasteiger partial charge is 0.467 e. The number of aromatic amines is 1. The average molecular weight is 462 g/mol. The molecule has 1 N–H and O–H groups in total. The minimum Gasteiger partial charge on any atom is -0.467 e. The Hall–Kier alpha value is -3.84. The molecule has 1 aliphatic heterocycles. The Morgan fingerprint density at radius 1 is 1.12 bits per heavy atom. The van der Waals surface area contributed by atoms with Crippen molar-refractivity contribution in [3.63, 3.8) is 0 Å². The Morgan fingerprint density at radius 2 is 1.94 bits per heavy atom. The number of benzene rings is 2. The second-order valence-electron chi connectivity index (χ2n) is 7.72. The van der Waals surface area contributed by atoms with Gasteiger partial charge in [-0.25, -0.2) is 5.01 Å². The Kier molecular flexibility index (Phi) is 5.71. The molecule has 1 unspecified atom stereocenters. The van der Waals surface area contributed by atoms with E-state index in [9.17, 15) is 9.59 Å². The van der Waals surface area contributed by atoms with Crippen LogP contribution < -0.4 is 0 Å². The number of carbonyl (C=O) groups is 2. The summed E-state index contributed by atoms with van der Waals surface area (Å²) in [4.78, 5) is 28.5. The monoisotopic (exact) mass is 461 g/mol. The first kappa shape index (κ1) is 21.0. The van der Waals surface area contributed by atoms with Crippen molar-refractivity contribution in [1.82, 2.24) is 9.99 Å². The van der Waals surface area contributed by atoms with Gasteiger partial charge in [-0.05, 0) is 41.5 Å². The maximum atomic E-state index is 13.0. The van der Waals surface area contributed by atoms with E-state index in [1.165, 1.54) is 5.01 Å². The maximum absolute atomic E-state index is 13.0. The molecule has 0 bridgehead atoms. The average Bonchev–Trinajstić information content (AvgIpc) is 3.58. The molecule has 1 amide bonds. The van der Waals surface area contributed by atoms with E-state index in [0.29, 0.717) is 17.2 Å². The van der Waals surface area contributed by atoms with Crippen molar-refractivity contribution in [2.45, 2.75) is 18.9 Å². The number of hydrogen-bond donors (Lipinski definition) is 1. The fourth-order valence-electron chi connectivity index (χ4n) is 3.95. The molecule has 4 aromatic rings. The smallest absolute Gasteiger partial charge is 0.310 e. The number of halogens is 1. The van der Waals surface area contributed by atoms with Gasteiger partial charge in [0.2, 0.25) is 0 Å². The van der Waals surface area contributed by atoms with Crippen LogP contribution in [0.2, 0.25) is 5.02 Å². The topological polar surface area (TPSA) is 87.9 Å². The molecule has 166 valence electrons. The first-order chi connectivity index (χ1) is 16.1. The van der Waals surface area contributed by atoms with Gasteiger partial charge in [-0.15, -0.1) is 0 Å². The summed E-state index contributed by atoms with van der Waals surface area (Å²) in [6, 6.07) is 18.1. The van der Waals surface area contributed by atoms with Gasteiger partial charge in [0.15, 0.2) is 6.61 Å². The lowest BCUT2D eigenvalue weighted by atomic mass is 10.0. The number of furan rings is 1.